The van der Waals surface area contributed by atoms with E-state index in [1.54, 1.807) is 19.3 Å². The van der Waals surface area contributed by atoms with E-state index in [9.17, 15) is 0 Å². The van der Waals surface area contributed by atoms with Crippen molar-refractivity contribution in [3.8, 4) is 0 Å². The first kappa shape index (κ1) is 16.3. The number of methoxy groups -OCH3 is 1. The second-order valence-corrected chi connectivity index (χ2v) is 10.7. The summed E-state index contributed by atoms with van der Waals surface area (Å²) in [7, 11) is -0.242. The third-order valence-electron chi connectivity index (χ3n) is 3.44. The summed E-state index contributed by atoms with van der Waals surface area (Å²) in [5, 5.41) is 0. The Morgan fingerprint density at radius 1 is 1.00 bits per heavy atom. The molecule has 17 heavy (non-hydrogen) atoms. The van der Waals surface area contributed by atoms with Gasteiger partial charge in [0.25, 0.3) is 14.3 Å². The number of ether oxygens (including phenoxy) is 1. The van der Waals surface area contributed by atoms with Gasteiger partial charge in [-0.3, -0.25) is 0 Å². The molecule has 0 aromatic heterocycles. The quantitative estimate of drug-likeness (QED) is 0.368. The van der Waals surface area contributed by atoms with E-state index in [2.05, 4.69) is 48.1 Å². The molecule has 0 saturated heterocycles. The highest BCUT2D eigenvalue weighted by atomic mass is 28.4. The second-order valence-electron chi connectivity index (χ2n) is 5.35. The maximum absolute atomic E-state index is 6.32. The molecular weight excluding hydrogens is 228 g/mol. The molecular formula is C14H28O2Si. The van der Waals surface area contributed by atoms with Gasteiger partial charge in [0.15, 0.2) is 0 Å². The van der Waals surface area contributed by atoms with E-state index in [4.69, 9.17) is 9.16 Å². The van der Waals surface area contributed by atoms with Crippen LogP contribution in [0.25, 0.3) is 0 Å². The van der Waals surface area contributed by atoms with Gasteiger partial charge in [-0.15, -0.1) is 0 Å². The summed E-state index contributed by atoms with van der Waals surface area (Å²) in [5.41, 5.74) is 1.64. The molecule has 0 aliphatic rings. The molecule has 0 rings (SSSR count). The summed E-state index contributed by atoms with van der Waals surface area (Å²) in [6, 6.07) is 0. The van der Waals surface area contributed by atoms with Crippen LogP contribution in [0.2, 0.25) is 16.6 Å². The zero-order valence-electron chi connectivity index (χ0n) is 12.4. The molecule has 0 aromatic carbocycles. The normalized spacial score (nSPS) is 13.4. The van der Waals surface area contributed by atoms with Crippen LogP contribution in [0.3, 0.4) is 0 Å². The van der Waals surface area contributed by atoms with Gasteiger partial charge < -0.3 is 9.16 Å². The highest BCUT2D eigenvalue weighted by Crippen LogP contribution is 2.43. The molecule has 0 fully saturated rings. The van der Waals surface area contributed by atoms with Crippen LogP contribution in [0, 0.1) is 0 Å². The highest BCUT2D eigenvalue weighted by molar-refractivity contribution is 6.77. The van der Waals surface area contributed by atoms with E-state index in [-0.39, 0.29) is 0 Å². The van der Waals surface area contributed by atoms with Crippen molar-refractivity contribution in [2.45, 2.75) is 58.2 Å². The summed E-state index contributed by atoms with van der Waals surface area (Å²) in [6.45, 7) is 17.2. The van der Waals surface area contributed by atoms with Crippen LogP contribution < -0.4 is 0 Å². The van der Waals surface area contributed by atoms with Crippen LogP contribution >= 0.6 is 0 Å². The van der Waals surface area contributed by atoms with Crippen LogP contribution in [0.5, 0.6) is 0 Å². The van der Waals surface area contributed by atoms with Gasteiger partial charge in [0.05, 0.1) is 7.11 Å². The Hall–Kier alpha value is -0.703. The fourth-order valence-electron chi connectivity index (χ4n) is 2.77. The van der Waals surface area contributed by atoms with Crippen LogP contribution in [-0.2, 0) is 9.16 Å². The molecule has 0 atom stereocenters. The van der Waals surface area contributed by atoms with Crippen molar-refractivity contribution in [3.05, 3.63) is 24.7 Å². The minimum absolute atomic E-state index is 0.547. The molecule has 100 valence electrons. The monoisotopic (exact) mass is 256 g/mol. The molecule has 0 heterocycles. The topological polar surface area (TPSA) is 18.5 Å². The predicted octanol–water partition coefficient (Wildman–Crippen LogP) is 4.85. The Balaban J connectivity index is 5.31. The second kappa shape index (κ2) is 6.89. The van der Waals surface area contributed by atoms with Crippen molar-refractivity contribution in [1.82, 2.24) is 0 Å². The SMILES string of the molecule is C=CC=C(OC)O[Si](C(C)C)(C(C)C)C(C)C. The van der Waals surface area contributed by atoms with E-state index < -0.39 is 8.32 Å². The van der Waals surface area contributed by atoms with E-state index in [0.717, 1.165) is 0 Å². The lowest BCUT2D eigenvalue weighted by molar-refractivity contribution is 0.137. The van der Waals surface area contributed by atoms with Gasteiger partial charge in [0.2, 0.25) is 0 Å². The molecule has 0 saturated carbocycles. The third kappa shape index (κ3) is 3.63. The van der Waals surface area contributed by atoms with Gasteiger partial charge in [-0.05, 0) is 16.6 Å². The molecule has 0 bridgehead atoms. The Kier molecular flexibility index (Phi) is 6.61. The largest absolute Gasteiger partial charge is 0.518 e. The molecule has 0 aliphatic heterocycles. The van der Waals surface area contributed by atoms with Gasteiger partial charge in [-0.1, -0.05) is 54.2 Å². The predicted molar refractivity (Wildman–Crippen MR) is 77.4 cm³/mol. The molecule has 0 spiro atoms. The Morgan fingerprint density at radius 3 is 1.65 bits per heavy atom. The fraction of sp³-hybridized carbons (Fsp3) is 0.714. The molecule has 2 nitrogen and oxygen atoms in total. The molecule has 3 heteroatoms. The molecule has 0 aliphatic carbocycles. The van der Waals surface area contributed by atoms with E-state index in [0.29, 0.717) is 22.6 Å². The standard InChI is InChI=1S/C14H28O2Si/c1-9-10-14(15-8)16-17(11(2)3,12(4)5)13(6)7/h9-13H,1H2,2-8H3. The maximum atomic E-state index is 6.32. The van der Waals surface area contributed by atoms with Crippen molar-refractivity contribution >= 4 is 8.32 Å². The molecule has 0 unspecified atom stereocenters. The van der Waals surface area contributed by atoms with E-state index in [1.165, 1.54) is 0 Å². The first-order valence-electron chi connectivity index (χ1n) is 6.38. The first-order chi connectivity index (χ1) is 7.82. The Morgan fingerprint density at radius 2 is 1.41 bits per heavy atom. The molecule has 0 aromatic rings. The van der Waals surface area contributed by atoms with Crippen molar-refractivity contribution < 1.29 is 9.16 Å². The number of allylic oxidation sites excluding steroid dienone is 2. The van der Waals surface area contributed by atoms with Gasteiger partial charge in [-0.2, -0.15) is 0 Å². The van der Waals surface area contributed by atoms with Crippen LogP contribution in [-0.4, -0.2) is 15.4 Å². The van der Waals surface area contributed by atoms with Gasteiger partial charge >= 0.3 is 0 Å². The zero-order chi connectivity index (χ0) is 13.6. The minimum Gasteiger partial charge on any atom is -0.518 e. The number of hydrogen-bond donors (Lipinski definition) is 0. The van der Waals surface area contributed by atoms with Crippen molar-refractivity contribution in [1.29, 1.82) is 0 Å². The summed E-state index contributed by atoms with van der Waals surface area (Å²) < 4.78 is 11.6. The van der Waals surface area contributed by atoms with Gasteiger partial charge in [0, 0.05) is 6.08 Å². The van der Waals surface area contributed by atoms with Crippen LogP contribution in [0.1, 0.15) is 41.5 Å². The summed E-state index contributed by atoms with van der Waals surface area (Å²) in [4.78, 5) is 0. The van der Waals surface area contributed by atoms with Crippen molar-refractivity contribution in [3.63, 3.8) is 0 Å². The number of hydrogen-bond acceptors (Lipinski definition) is 2. The first-order valence-corrected chi connectivity index (χ1v) is 8.52. The lowest BCUT2D eigenvalue weighted by Gasteiger charge is -2.42. The third-order valence-corrected chi connectivity index (χ3v) is 9.41. The summed E-state index contributed by atoms with van der Waals surface area (Å²) >= 11 is 0. The van der Waals surface area contributed by atoms with Gasteiger partial charge in [0.1, 0.15) is 0 Å². The lowest BCUT2D eigenvalue weighted by atomic mass is 10.5. The zero-order valence-corrected chi connectivity index (χ0v) is 13.4. The van der Waals surface area contributed by atoms with Crippen molar-refractivity contribution in [2.75, 3.05) is 7.11 Å². The smallest absolute Gasteiger partial charge is 0.264 e. The fourth-order valence-corrected chi connectivity index (χ4v) is 7.97. The average Bonchev–Trinajstić information content (AvgIpc) is 2.22. The average molecular weight is 256 g/mol. The van der Waals surface area contributed by atoms with E-state index in [1.807, 2.05) is 0 Å². The maximum Gasteiger partial charge on any atom is 0.264 e. The van der Waals surface area contributed by atoms with Crippen LogP contribution in [0.15, 0.2) is 24.7 Å². The Bertz CT molecular complexity index is 246. The highest BCUT2D eigenvalue weighted by Gasteiger charge is 2.47. The summed E-state index contributed by atoms with van der Waals surface area (Å²) in [5.74, 6) is 0.600. The van der Waals surface area contributed by atoms with Crippen LogP contribution in [0.4, 0.5) is 0 Å². The molecule has 0 radical (unpaired) electrons. The Labute approximate surface area is 108 Å². The molecule has 0 amide bonds. The van der Waals surface area contributed by atoms with E-state index >= 15 is 0 Å². The molecule has 0 N–H and O–H groups in total. The van der Waals surface area contributed by atoms with Crippen molar-refractivity contribution in [2.24, 2.45) is 0 Å². The summed E-state index contributed by atoms with van der Waals surface area (Å²) in [6.07, 6.45) is 3.51. The number of rotatable bonds is 7. The lowest BCUT2D eigenvalue weighted by Crippen LogP contribution is -2.47. The minimum atomic E-state index is -1.89. The van der Waals surface area contributed by atoms with Gasteiger partial charge in [-0.25, -0.2) is 0 Å².